The maximum atomic E-state index is 10.9. The molecule has 0 aliphatic carbocycles. The van der Waals surface area contributed by atoms with Crippen molar-refractivity contribution in [2.24, 2.45) is 0 Å². The van der Waals surface area contributed by atoms with Gasteiger partial charge in [0.15, 0.2) is 0 Å². The van der Waals surface area contributed by atoms with E-state index in [1.165, 1.54) is 0 Å². The standard InChI is InChI=1S/C14H18N4O2/c15-6-8-17-11-9-16(10-12-17)7-5-13-3-1-2-4-14(13)18(19)20/h1-4H,5,7-12H2. The summed E-state index contributed by atoms with van der Waals surface area (Å²) in [6.45, 7) is 4.93. The quantitative estimate of drug-likeness (QED) is 0.459. The Labute approximate surface area is 118 Å². The van der Waals surface area contributed by atoms with Crippen molar-refractivity contribution in [2.75, 3.05) is 39.3 Å². The molecule has 0 unspecified atom stereocenters. The fourth-order valence-electron chi connectivity index (χ4n) is 2.45. The fourth-order valence-corrected chi connectivity index (χ4v) is 2.45. The molecule has 20 heavy (non-hydrogen) atoms. The molecule has 1 fully saturated rings. The third-order valence-electron chi connectivity index (χ3n) is 3.64. The van der Waals surface area contributed by atoms with E-state index in [9.17, 15) is 10.1 Å². The van der Waals surface area contributed by atoms with Gasteiger partial charge >= 0.3 is 0 Å². The molecule has 0 aromatic heterocycles. The van der Waals surface area contributed by atoms with Gasteiger partial charge in [-0.2, -0.15) is 5.26 Å². The van der Waals surface area contributed by atoms with E-state index in [1.54, 1.807) is 12.1 Å². The van der Waals surface area contributed by atoms with E-state index in [0.29, 0.717) is 13.0 Å². The second-order valence-electron chi connectivity index (χ2n) is 4.91. The number of para-hydroxylation sites is 1. The van der Waals surface area contributed by atoms with E-state index in [0.717, 1.165) is 38.3 Å². The maximum Gasteiger partial charge on any atom is 0.272 e. The van der Waals surface area contributed by atoms with E-state index >= 15 is 0 Å². The van der Waals surface area contributed by atoms with Crippen LogP contribution in [0.5, 0.6) is 0 Å². The largest absolute Gasteiger partial charge is 0.300 e. The Bertz CT molecular complexity index is 504. The lowest BCUT2D eigenvalue weighted by atomic mass is 10.1. The molecule has 0 spiro atoms. The maximum absolute atomic E-state index is 10.9. The molecule has 0 bridgehead atoms. The lowest BCUT2D eigenvalue weighted by Gasteiger charge is -2.33. The monoisotopic (exact) mass is 274 g/mol. The highest BCUT2D eigenvalue weighted by Crippen LogP contribution is 2.18. The first kappa shape index (κ1) is 14.4. The number of hydrogen-bond donors (Lipinski definition) is 0. The Kier molecular flexibility index (Phi) is 5.04. The summed E-state index contributed by atoms with van der Waals surface area (Å²) >= 11 is 0. The molecule has 1 aromatic carbocycles. The molecule has 1 aliphatic heterocycles. The summed E-state index contributed by atoms with van der Waals surface area (Å²) in [6.07, 6.45) is 0.690. The predicted octanol–water partition coefficient (Wildman–Crippen LogP) is 1.28. The third kappa shape index (κ3) is 3.76. The van der Waals surface area contributed by atoms with Gasteiger partial charge in [-0.1, -0.05) is 18.2 Å². The van der Waals surface area contributed by atoms with Gasteiger partial charge in [0.25, 0.3) is 5.69 Å². The Hall–Kier alpha value is -1.97. The van der Waals surface area contributed by atoms with E-state index in [-0.39, 0.29) is 10.6 Å². The van der Waals surface area contributed by atoms with Crippen LogP contribution in [0.15, 0.2) is 24.3 Å². The Morgan fingerprint density at radius 2 is 1.85 bits per heavy atom. The molecule has 0 N–H and O–H groups in total. The normalized spacial score (nSPS) is 16.8. The van der Waals surface area contributed by atoms with Crippen LogP contribution in [0.25, 0.3) is 0 Å². The average molecular weight is 274 g/mol. The van der Waals surface area contributed by atoms with Crippen molar-refractivity contribution < 1.29 is 4.92 Å². The molecule has 1 heterocycles. The summed E-state index contributed by atoms with van der Waals surface area (Å²) < 4.78 is 0. The van der Waals surface area contributed by atoms with E-state index in [2.05, 4.69) is 15.9 Å². The Balaban J connectivity index is 1.85. The molecular formula is C14H18N4O2. The highest BCUT2D eigenvalue weighted by atomic mass is 16.6. The zero-order chi connectivity index (χ0) is 14.4. The van der Waals surface area contributed by atoms with Gasteiger partial charge in [0, 0.05) is 44.4 Å². The first-order chi connectivity index (χ1) is 9.70. The number of benzene rings is 1. The van der Waals surface area contributed by atoms with Crippen molar-refractivity contribution in [1.29, 1.82) is 5.26 Å². The number of nitro groups is 1. The summed E-state index contributed by atoms with van der Waals surface area (Å²) in [5, 5.41) is 19.6. The van der Waals surface area contributed by atoms with E-state index in [4.69, 9.17) is 5.26 Å². The average Bonchev–Trinajstić information content (AvgIpc) is 2.47. The summed E-state index contributed by atoms with van der Waals surface area (Å²) in [6, 6.07) is 9.08. The molecule has 2 rings (SSSR count). The highest BCUT2D eigenvalue weighted by molar-refractivity contribution is 5.39. The van der Waals surface area contributed by atoms with Crippen LogP contribution in [0.4, 0.5) is 5.69 Å². The summed E-state index contributed by atoms with van der Waals surface area (Å²) in [7, 11) is 0. The van der Waals surface area contributed by atoms with Crippen LogP contribution in [-0.4, -0.2) is 54.0 Å². The van der Waals surface area contributed by atoms with Crippen molar-refractivity contribution in [3.8, 4) is 6.07 Å². The lowest BCUT2D eigenvalue weighted by molar-refractivity contribution is -0.385. The Morgan fingerprint density at radius 1 is 1.20 bits per heavy atom. The van der Waals surface area contributed by atoms with Crippen LogP contribution in [-0.2, 0) is 6.42 Å². The number of rotatable bonds is 5. The Morgan fingerprint density at radius 3 is 2.50 bits per heavy atom. The molecule has 1 aromatic rings. The van der Waals surface area contributed by atoms with Crippen molar-refractivity contribution in [1.82, 2.24) is 9.80 Å². The van der Waals surface area contributed by atoms with Crippen molar-refractivity contribution in [2.45, 2.75) is 6.42 Å². The minimum atomic E-state index is -0.319. The van der Waals surface area contributed by atoms with Crippen LogP contribution < -0.4 is 0 Å². The zero-order valence-corrected chi connectivity index (χ0v) is 11.4. The van der Waals surface area contributed by atoms with Gasteiger partial charge < -0.3 is 4.90 Å². The molecule has 1 saturated heterocycles. The molecule has 0 radical (unpaired) electrons. The molecule has 1 aliphatic rings. The first-order valence-electron chi connectivity index (χ1n) is 6.74. The second kappa shape index (κ2) is 6.98. The molecule has 6 nitrogen and oxygen atoms in total. The molecule has 0 amide bonds. The van der Waals surface area contributed by atoms with E-state index < -0.39 is 0 Å². The van der Waals surface area contributed by atoms with Crippen LogP contribution in [0, 0.1) is 21.4 Å². The van der Waals surface area contributed by atoms with Crippen molar-refractivity contribution in [3.63, 3.8) is 0 Å². The minimum absolute atomic E-state index is 0.204. The minimum Gasteiger partial charge on any atom is -0.300 e. The molecule has 6 heteroatoms. The highest BCUT2D eigenvalue weighted by Gasteiger charge is 2.18. The number of piperazine rings is 1. The number of nitrogens with zero attached hydrogens (tertiary/aromatic N) is 4. The van der Waals surface area contributed by atoms with Crippen molar-refractivity contribution in [3.05, 3.63) is 39.9 Å². The van der Waals surface area contributed by atoms with Crippen LogP contribution >= 0.6 is 0 Å². The third-order valence-corrected chi connectivity index (χ3v) is 3.64. The van der Waals surface area contributed by atoms with Gasteiger partial charge in [-0.3, -0.25) is 15.0 Å². The van der Waals surface area contributed by atoms with Gasteiger partial charge in [0.05, 0.1) is 17.5 Å². The van der Waals surface area contributed by atoms with Crippen LogP contribution in [0.2, 0.25) is 0 Å². The molecule has 0 saturated carbocycles. The van der Waals surface area contributed by atoms with Gasteiger partial charge in [0.1, 0.15) is 0 Å². The van der Waals surface area contributed by atoms with Crippen molar-refractivity contribution >= 4 is 5.69 Å². The lowest BCUT2D eigenvalue weighted by Crippen LogP contribution is -2.46. The van der Waals surface area contributed by atoms with Gasteiger partial charge in [0.2, 0.25) is 0 Å². The van der Waals surface area contributed by atoms with Crippen LogP contribution in [0.1, 0.15) is 5.56 Å². The molecule has 106 valence electrons. The number of nitriles is 1. The topological polar surface area (TPSA) is 73.4 Å². The molecular weight excluding hydrogens is 256 g/mol. The first-order valence-corrected chi connectivity index (χ1v) is 6.74. The van der Waals surface area contributed by atoms with Gasteiger partial charge in [-0.05, 0) is 6.42 Å². The molecule has 0 atom stereocenters. The SMILES string of the molecule is N#CCN1CCN(CCc2ccccc2[N+](=O)[O-])CC1. The number of hydrogen-bond acceptors (Lipinski definition) is 5. The number of nitro benzene ring substituents is 1. The van der Waals surface area contributed by atoms with Gasteiger partial charge in [-0.25, -0.2) is 0 Å². The van der Waals surface area contributed by atoms with Gasteiger partial charge in [-0.15, -0.1) is 0 Å². The van der Waals surface area contributed by atoms with Crippen LogP contribution in [0.3, 0.4) is 0 Å². The fraction of sp³-hybridized carbons (Fsp3) is 0.500. The second-order valence-corrected chi connectivity index (χ2v) is 4.91. The summed E-state index contributed by atoms with van der Waals surface area (Å²) in [5.41, 5.74) is 0.993. The summed E-state index contributed by atoms with van der Waals surface area (Å²) in [5.74, 6) is 0. The predicted molar refractivity (Wildman–Crippen MR) is 75.3 cm³/mol. The smallest absolute Gasteiger partial charge is 0.272 e. The van der Waals surface area contributed by atoms with E-state index in [1.807, 2.05) is 12.1 Å². The summed E-state index contributed by atoms with van der Waals surface area (Å²) in [4.78, 5) is 15.0. The zero-order valence-electron chi connectivity index (χ0n) is 11.4.